The fourth-order valence-electron chi connectivity index (χ4n) is 3.31. The average Bonchev–Trinajstić information content (AvgIpc) is 2.65. The Morgan fingerprint density at radius 2 is 2.00 bits per heavy atom. The molecule has 27 heavy (non-hydrogen) atoms. The average molecular weight is 374 g/mol. The summed E-state index contributed by atoms with van der Waals surface area (Å²) in [6, 6.07) is 7.51. The molecule has 0 bridgehead atoms. The molecule has 1 amide bonds. The van der Waals surface area contributed by atoms with E-state index in [0.717, 1.165) is 12.8 Å². The molecule has 0 saturated carbocycles. The largest absolute Gasteiger partial charge is 0.490 e. The molecule has 2 rings (SSSR count). The molecular formula is C21H30N2O4. The number of benzene rings is 1. The Morgan fingerprint density at radius 1 is 1.30 bits per heavy atom. The summed E-state index contributed by atoms with van der Waals surface area (Å²) in [5.74, 6) is -0.116. The van der Waals surface area contributed by atoms with E-state index in [0.29, 0.717) is 37.6 Å². The van der Waals surface area contributed by atoms with Gasteiger partial charge in [-0.05, 0) is 57.5 Å². The number of rotatable bonds is 8. The van der Waals surface area contributed by atoms with Crippen LogP contribution in [0.2, 0.25) is 0 Å². The maximum absolute atomic E-state index is 12.8. The Morgan fingerprint density at radius 3 is 2.59 bits per heavy atom. The van der Waals surface area contributed by atoms with E-state index in [-0.39, 0.29) is 18.5 Å². The summed E-state index contributed by atoms with van der Waals surface area (Å²) >= 11 is 0. The maximum Gasteiger partial charge on any atom is 0.317 e. The zero-order valence-electron chi connectivity index (χ0n) is 16.5. The summed E-state index contributed by atoms with van der Waals surface area (Å²) in [4.78, 5) is 27.6. The van der Waals surface area contributed by atoms with Crippen molar-refractivity contribution in [3.63, 3.8) is 0 Å². The molecule has 1 N–H and O–H groups in total. The van der Waals surface area contributed by atoms with Crippen molar-refractivity contribution in [2.24, 2.45) is 0 Å². The highest BCUT2D eigenvalue weighted by molar-refractivity contribution is 5.94. The van der Waals surface area contributed by atoms with Gasteiger partial charge in [-0.3, -0.25) is 14.5 Å². The Hall–Kier alpha value is -2.34. The fraction of sp³-hybridized carbons (Fsp3) is 0.524. The molecule has 0 radical (unpaired) electrons. The molecule has 6 nitrogen and oxygen atoms in total. The first-order valence-electron chi connectivity index (χ1n) is 9.52. The molecule has 148 valence electrons. The molecule has 0 atom stereocenters. The van der Waals surface area contributed by atoms with Gasteiger partial charge >= 0.3 is 5.97 Å². The molecule has 0 aromatic heterocycles. The summed E-state index contributed by atoms with van der Waals surface area (Å²) in [6.07, 6.45) is 3.59. The van der Waals surface area contributed by atoms with Crippen molar-refractivity contribution in [3.05, 3.63) is 41.5 Å². The van der Waals surface area contributed by atoms with Crippen molar-refractivity contribution in [2.75, 3.05) is 32.8 Å². The van der Waals surface area contributed by atoms with E-state index in [1.165, 1.54) is 5.57 Å². The van der Waals surface area contributed by atoms with Gasteiger partial charge in [0.15, 0.2) is 0 Å². The van der Waals surface area contributed by atoms with E-state index in [1.807, 2.05) is 54.8 Å². The molecule has 1 aliphatic rings. The summed E-state index contributed by atoms with van der Waals surface area (Å²) < 4.78 is 5.69. The second-order valence-electron chi connectivity index (χ2n) is 7.10. The highest BCUT2D eigenvalue weighted by Gasteiger charge is 2.27. The minimum Gasteiger partial charge on any atom is -0.490 e. The number of nitrogens with zero attached hydrogens (tertiary/aromatic N) is 2. The number of ether oxygens (including phenoxy) is 1. The number of amides is 1. The van der Waals surface area contributed by atoms with Crippen molar-refractivity contribution in [1.82, 2.24) is 9.80 Å². The summed E-state index contributed by atoms with van der Waals surface area (Å²) in [7, 11) is 0. The molecule has 1 aromatic rings. The van der Waals surface area contributed by atoms with Crippen LogP contribution in [-0.2, 0) is 4.79 Å². The Balaban J connectivity index is 1.93. The number of likely N-dealkylation sites (N-methyl/N-ethyl adjacent to an activating group) is 1. The van der Waals surface area contributed by atoms with Crippen LogP contribution in [0.4, 0.5) is 0 Å². The van der Waals surface area contributed by atoms with Crippen LogP contribution >= 0.6 is 0 Å². The van der Waals surface area contributed by atoms with Crippen LogP contribution in [0.5, 0.6) is 5.75 Å². The molecule has 1 heterocycles. The van der Waals surface area contributed by atoms with E-state index in [4.69, 9.17) is 9.84 Å². The van der Waals surface area contributed by atoms with E-state index in [9.17, 15) is 9.59 Å². The number of likely N-dealkylation sites (tertiary alicyclic amines) is 1. The highest BCUT2D eigenvalue weighted by Crippen LogP contribution is 2.20. The lowest BCUT2D eigenvalue weighted by Gasteiger charge is -2.37. The van der Waals surface area contributed by atoms with Gasteiger partial charge in [0.2, 0.25) is 0 Å². The van der Waals surface area contributed by atoms with Crippen molar-refractivity contribution in [2.45, 2.75) is 39.7 Å². The number of piperidine rings is 1. The molecule has 0 unspecified atom stereocenters. The Kier molecular flexibility index (Phi) is 7.85. The molecule has 1 fully saturated rings. The minimum atomic E-state index is -0.805. The van der Waals surface area contributed by atoms with Crippen molar-refractivity contribution < 1.29 is 19.4 Å². The van der Waals surface area contributed by atoms with Gasteiger partial charge in [0.05, 0.1) is 6.54 Å². The number of carboxylic acids is 1. The lowest BCUT2D eigenvalue weighted by Crippen LogP contribution is -2.48. The second-order valence-corrected chi connectivity index (χ2v) is 7.10. The second kappa shape index (κ2) is 10.1. The number of carboxylic acid groups (broad SMARTS) is 1. The van der Waals surface area contributed by atoms with Crippen LogP contribution in [0.15, 0.2) is 35.9 Å². The van der Waals surface area contributed by atoms with Crippen molar-refractivity contribution in [1.29, 1.82) is 0 Å². The van der Waals surface area contributed by atoms with Crippen LogP contribution in [0.1, 0.15) is 44.0 Å². The molecule has 6 heteroatoms. The smallest absolute Gasteiger partial charge is 0.317 e. The van der Waals surface area contributed by atoms with Crippen LogP contribution in [0.25, 0.3) is 0 Å². The van der Waals surface area contributed by atoms with Gasteiger partial charge < -0.3 is 14.7 Å². The summed E-state index contributed by atoms with van der Waals surface area (Å²) in [5.41, 5.74) is 1.81. The normalized spacial score (nSPS) is 14.9. The third-order valence-corrected chi connectivity index (χ3v) is 4.84. The van der Waals surface area contributed by atoms with E-state index in [2.05, 4.69) is 0 Å². The maximum atomic E-state index is 12.8. The SMILES string of the molecule is CCN(CC(=O)O)C1CCN(C(=O)c2cccc(OCC=C(C)C)c2)CC1. The third kappa shape index (κ3) is 6.40. The van der Waals surface area contributed by atoms with Gasteiger partial charge in [-0.15, -0.1) is 0 Å². The number of allylic oxidation sites excluding steroid dienone is 1. The van der Waals surface area contributed by atoms with Gasteiger partial charge in [0.25, 0.3) is 5.91 Å². The van der Waals surface area contributed by atoms with E-state index < -0.39 is 5.97 Å². The molecule has 0 aliphatic carbocycles. The lowest BCUT2D eigenvalue weighted by molar-refractivity contribution is -0.139. The first-order valence-corrected chi connectivity index (χ1v) is 9.52. The van der Waals surface area contributed by atoms with Crippen LogP contribution in [0, 0.1) is 0 Å². The van der Waals surface area contributed by atoms with E-state index >= 15 is 0 Å². The number of hydrogen-bond acceptors (Lipinski definition) is 4. The van der Waals surface area contributed by atoms with Crippen molar-refractivity contribution >= 4 is 11.9 Å². The number of carbonyl (C=O) groups excluding carboxylic acids is 1. The predicted molar refractivity (Wildman–Crippen MR) is 105 cm³/mol. The quantitative estimate of drug-likeness (QED) is 0.708. The Labute approximate surface area is 161 Å². The van der Waals surface area contributed by atoms with Crippen LogP contribution in [0.3, 0.4) is 0 Å². The Bertz CT molecular complexity index is 675. The lowest BCUT2D eigenvalue weighted by atomic mass is 10.0. The minimum absolute atomic E-state index is 0.00222. The molecule has 0 spiro atoms. The summed E-state index contributed by atoms with van der Waals surface area (Å²) in [5, 5.41) is 9.03. The molecule has 1 aromatic carbocycles. The zero-order chi connectivity index (χ0) is 19.8. The van der Waals surface area contributed by atoms with Gasteiger partial charge in [-0.1, -0.05) is 18.6 Å². The van der Waals surface area contributed by atoms with E-state index in [1.54, 1.807) is 6.07 Å². The van der Waals surface area contributed by atoms with Gasteiger partial charge in [0.1, 0.15) is 12.4 Å². The van der Waals surface area contributed by atoms with Gasteiger partial charge in [-0.25, -0.2) is 0 Å². The topological polar surface area (TPSA) is 70.1 Å². The fourth-order valence-corrected chi connectivity index (χ4v) is 3.31. The zero-order valence-corrected chi connectivity index (χ0v) is 16.5. The first kappa shape index (κ1) is 21.0. The standard InChI is InChI=1S/C21H30N2O4/c1-4-22(15-20(24)25)18-8-11-23(12-9-18)21(26)17-6-5-7-19(14-17)27-13-10-16(2)3/h5-7,10,14,18H,4,8-9,11-13,15H2,1-3H3,(H,24,25). The van der Waals surface area contributed by atoms with Crippen LogP contribution in [-0.4, -0.2) is 65.6 Å². The predicted octanol–water partition coefficient (Wildman–Crippen LogP) is 3.04. The van der Waals surface area contributed by atoms with Crippen LogP contribution < -0.4 is 4.74 Å². The van der Waals surface area contributed by atoms with Gasteiger partial charge in [0, 0.05) is 24.7 Å². The molecule has 1 saturated heterocycles. The number of aliphatic carboxylic acids is 1. The van der Waals surface area contributed by atoms with Crippen molar-refractivity contribution in [3.8, 4) is 5.75 Å². The first-order chi connectivity index (χ1) is 12.9. The van der Waals surface area contributed by atoms with Gasteiger partial charge in [-0.2, -0.15) is 0 Å². The number of carbonyl (C=O) groups is 2. The highest BCUT2D eigenvalue weighted by atomic mass is 16.5. The monoisotopic (exact) mass is 374 g/mol. The number of hydrogen-bond donors (Lipinski definition) is 1. The molecular weight excluding hydrogens is 344 g/mol. The third-order valence-electron chi connectivity index (χ3n) is 4.84. The summed E-state index contributed by atoms with van der Waals surface area (Å²) in [6.45, 7) is 8.54. The molecule has 1 aliphatic heterocycles.